The maximum atomic E-state index is 12.3. The Labute approximate surface area is 168 Å². The number of amides is 1. The normalized spacial score (nSPS) is 12.8. The van der Waals surface area contributed by atoms with Crippen molar-refractivity contribution in [3.8, 4) is 0 Å². The first-order chi connectivity index (χ1) is 12.8. The second-order valence-electron chi connectivity index (χ2n) is 5.90. The van der Waals surface area contributed by atoms with Gasteiger partial charge in [-0.15, -0.1) is 0 Å². The number of para-hydroxylation sites is 1. The number of aromatic nitrogens is 1. The fraction of sp³-hybridized carbons (Fsp3) is 0.545. The molecule has 2 aromatic rings. The summed E-state index contributed by atoms with van der Waals surface area (Å²) in [5.41, 5.74) is 3.09. The predicted octanol–water partition coefficient (Wildman–Crippen LogP) is 6.19. The van der Waals surface area contributed by atoms with Gasteiger partial charge in [0.15, 0.2) is 0 Å². The van der Waals surface area contributed by atoms with Gasteiger partial charge in [-0.2, -0.15) is 9.90 Å². The van der Waals surface area contributed by atoms with E-state index in [1.54, 1.807) is 0 Å². The van der Waals surface area contributed by atoms with E-state index in [2.05, 4.69) is 17.4 Å². The number of hydrogen-bond acceptors (Lipinski definition) is 3. The van der Waals surface area contributed by atoms with Crippen molar-refractivity contribution in [1.29, 1.82) is 0 Å². The Balaban J connectivity index is 0.00000127. The highest BCUT2D eigenvalue weighted by atomic mass is 31.0. The van der Waals surface area contributed by atoms with Crippen molar-refractivity contribution in [1.82, 2.24) is 5.16 Å². The number of carbonyl (C=O) groups is 1. The van der Waals surface area contributed by atoms with E-state index in [9.17, 15) is 4.79 Å². The molecule has 4 nitrogen and oxygen atoms in total. The molecule has 5 heteroatoms. The van der Waals surface area contributed by atoms with Gasteiger partial charge in [0.1, 0.15) is 5.76 Å². The summed E-state index contributed by atoms with van der Waals surface area (Å²) in [6.45, 7) is 10.1. The Kier molecular flexibility index (Phi) is 13.5. The number of rotatable bonds is 5. The second-order valence-corrected chi connectivity index (χ2v) is 5.90. The van der Waals surface area contributed by atoms with Crippen molar-refractivity contribution >= 4 is 21.5 Å². The van der Waals surface area contributed by atoms with Crippen LogP contribution < -0.4 is 5.32 Å². The zero-order valence-electron chi connectivity index (χ0n) is 17.7. The Morgan fingerprint density at radius 1 is 1.11 bits per heavy atom. The average molecular weight is 393 g/mol. The molecule has 0 spiro atoms. The van der Waals surface area contributed by atoms with Crippen LogP contribution in [0.15, 0.2) is 34.9 Å². The molecule has 0 fully saturated rings. The number of nitrogens with zero attached hydrogens (tertiary/aromatic N) is 1. The molecule has 0 aliphatic heterocycles. The predicted molar refractivity (Wildman–Crippen MR) is 120 cm³/mol. The highest BCUT2D eigenvalue weighted by Gasteiger charge is 2.26. The summed E-state index contributed by atoms with van der Waals surface area (Å²) in [4.78, 5) is 12.3. The quantitative estimate of drug-likeness (QED) is 0.618. The first-order valence-corrected chi connectivity index (χ1v) is 10.1. The van der Waals surface area contributed by atoms with Crippen molar-refractivity contribution in [3.63, 3.8) is 0 Å². The third kappa shape index (κ3) is 7.46. The van der Waals surface area contributed by atoms with Crippen LogP contribution in [-0.2, 0) is 17.6 Å². The monoisotopic (exact) mass is 392 g/mol. The standard InChI is InChI=1S/C18H22N2O2.2C2H6.H3P/c1-2-13(12-17(21)19-14-8-4-3-5-9-14)18-15-10-6-7-11-16(15)22-20-18;2*1-2;/h3-5,8-9,13H,2,6-7,10-12H2,1H3,(H,19,21);2*1-2H3;1H3/t13-;;;/m0.../s1. The van der Waals surface area contributed by atoms with Crippen molar-refractivity contribution in [2.45, 2.75) is 79.1 Å². The molecule has 1 aliphatic rings. The highest BCUT2D eigenvalue weighted by Crippen LogP contribution is 2.32. The molecule has 0 saturated carbocycles. The highest BCUT2D eigenvalue weighted by molar-refractivity contribution is 6.92. The van der Waals surface area contributed by atoms with Crippen LogP contribution in [0.2, 0.25) is 0 Å². The van der Waals surface area contributed by atoms with E-state index in [4.69, 9.17) is 4.52 Å². The molecule has 1 aromatic heterocycles. The first kappa shape index (κ1) is 25.3. The van der Waals surface area contributed by atoms with E-state index in [1.807, 2.05) is 58.0 Å². The topological polar surface area (TPSA) is 55.1 Å². The van der Waals surface area contributed by atoms with E-state index >= 15 is 0 Å². The molecular weight excluding hydrogens is 355 g/mol. The van der Waals surface area contributed by atoms with Crippen molar-refractivity contribution < 1.29 is 9.32 Å². The molecule has 1 amide bonds. The average Bonchev–Trinajstić information content (AvgIpc) is 3.14. The summed E-state index contributed by atoms with van der Waals surface area (Å²) in [7, 11) is 0. The summed E-state index contributed by atoms with van der Waals surface area (Å²) < 4.78 is 5.49. The summed E-state index contributed by atoms with van der Waals surface area (Å²) in [6, 6.07) is 9.57. The Morgan fingerprint density at radius 2 is 1.74 bits per heavy atom. The molecular formula is C22H37N2O2P. The number of anilines is 1. The number of nitrogens with one attached hydrogen (secondary N) is 1. The lowest BCUT2D eigenvalue weighted by molar-refractivity contribution is -0.116. The summed E-state index contributed by atoms with van der Waals surface area (Å²) in [5, 5.41) is 7.23. The smallest absolute Gasteiger partial charge is 0.225 e. The van der Waals surface area contributed by atoms with Crippen LogP contribution in [0.4, 0.5) is 5.69 Å². The lowest BCUT2D eigenvalue weighted by Crippen LogP contribution is -2.16. The van der Waals surface area contributed by atoms with Gasteiger partial charge in [0.25, 0.3) is 0 Å². The van der Waals surface area contributed by atoms with E-state index in [0.29, 0.717) is 6.42 Å². The molecule has 152 valence electrons. The van der Waals surface area contributed by atoms with Gasteiger partial charge in [0.05, 0.1) is 5.69 Å². The molecule has 1 heterocycles. The SMILES string of the molecule is CC.CC.CC[C@@H](CC(=O)Nc1ccccc1)c1noc2c1CCCC2.P. The second kappa shape index (κ2) is 14.4. The van der Waals surface area contributed by atoms with Crippen LogP contribution >= 0.6 is 9.90 Å². The number of carbonyl (C=O) groups excluding carboxylic acids is 1. The molecule has 3 rings (SSSR count). The number of hydrogen-bond donors (Lipinski definition) is 1. The summed E-state index contributed by atoms with van der Waals surface area (Å²) in [6.07, 6.45) is 5.71. The van der Waals surface area contributed by atoms with Crippen LogP contribution in [0.5, 0.6) is 0 Å². The Morgan fingerprint density at radius 3 is 2.37 bits per heavy atom. The van der Waals surface area contributed by atoms with Gasteiger partial charge < -0.3 is 9.84 Å². The molecule has 1 aliphatic carbocycles. The van der Waals surface area contributed by atoms with E-state index in [-0.39, 0.29) is 21.7 Å². The van der Waals surface area contributed by atoms with Gasteiger partial charge in [0.2, 0.25) is 5.91 Å². The third-order valence-corrected chi connectivity index (χ3v) is 4.35. The van der Waals surface area contributed by atoms with E-state index in [0.717, 1.165) is 36.4 Å². The maximum absolute atomic E-state index is 12.3. The summed E-state index contributed by atoms with van der Waals surface area (Å²) in [5.74, 6) is 1.20. The molecule has 1 aromatic carbocycles. The van der Waals surface area contributed by atoms with Crippen LogP contribution in [0.3, 0.4) is 0 Å². The molecule has 27 heavy (non-hydrogen) atoms. The van der Waals surface area contributed by atoms with E-state index < -0.39 is 0 Å². The van der Waals surface area contributed by atoms with Crippen LogP contribution in [0.1, 0.15) is 83.2 Å². The lowest BCUT2D eigenvalue weighted by Gasteiger charge is -2.15. The molecule has 0 saturated heterocycles. The van der Waals surface area contributed by atoms with Crippen molar-refractivity contribution in [2.24, 2.45) is 0 Å². The fourth-order valence-electron chi connectivity index (χ4n) is 3.12. The minimum atomic E-state index is 0. The third-order valence-electron chi connectivity index (χ3n) is 4.35. The van der Waals surface area contributed by atoms with Crippen LogP contribution in [-0.4, -0.2) is 11.1 Å². The zero-order valence-corrected chi connectivity index (χ0v) is 19.1. The van der Waals surface area contributed by atoms with E-state index in [1.165, 1.54) is 18.4 Å². The zero-order chi connectivity index (χ0) is 19.4. The van der Waals surface area contributed by atoms with Gasteiger partial charge in [-0.1, -0.05) is 58.0 Å². The first-order valence-electron chi connectivity index (χ1n) is 10.1. The largest absolute Gasteiger partial charge is 0.361 e. The number of fused-ring (bicyclic) bond motifs is 1. The fourth-order valence-corrected chi connectivity index (χ4v) is 3.12. The van der Waals surface area contributed by atoms with Crippen molar-refractivity contribution in [2.75, 3.05) is 5.32 Å². The molecule has 1 unspecified atom stereocenters. The Bertz CT molecular complexity index is 641. The van der Waals surface area contributed by atoms with Gasteiger partial charge in [0, 0.05) is 30.0 Å². The van der Waals surface area contributed by atoms with Gasteiger partial charge >= 0.3 is 0 Å². The molecule has 0 radical (unpaired) electrons. The maximum Gasteiger partial charge on any atom is 0.225 e. The van der Waals surface area contributed by atoms with Crippen LogP contribution in [0, 0.1) is 0 Å². The van der Waals surface area contributed by atoms with Gasteiger partial charge in [-0.25, -0.2) is 0 Å². The lowest BCUT2D eigenvalue weighted by atomic mass is 9.89. The molecule has 2 atom stereocenters. The summed E-state index contributed by atoms with van der Waals surface area (Å²) >= 11 is 0. The number of aryl methyl sites for hydroxylation is 1. The minimum Gasteiger partial charge on any atom is -0.361 e. The van der Waals surface area contributed by atoms with Gasteiger partial charge in [-0.05, 0) is 37.8 Å². The van der Waals surface area contributed by atoms with Gasteiger partial charge in [-0.3, -0.25) is 4.79 Å². The number of benzene rings is 1. The molecule has 0 bridgehead atoms. The van der Waals surface area contributed by atoms with Crippen LogP contribution in [0.25, 0.3) is 0 Å². The molecule has 1 N–H and O–H groups in total. The minimum absolute atomic E-state index is 0. The van der Waals surface area contributed by atoms with Crippen molar-refractivity contribution in [3.05, 3.63) is 47.3 Å². The Hall–Kier alpha value is -1.67.